The van der Waals surface area contributed by atoms with Gasteiger partial charge in [-0.2, -0.15) is 0 Å². The van der Waals surface area contributed by atoms with Crippen molar-refractivity contribution < 1.29 is 19.7 Å². The van der Waals surface area contributed by atoms with Gasteiger partial charge in [0.15, 0.2) is 0 Å². The zero-order valence-corrected chi connectivity index (χ0v) is 11.2. The Hall–Kier alpha value is -1.59. The first-order valence-corrected chi connectivity index (χ1v) is 7.00. The monoisotopic (exact) mass is 277 g/mol. The van der Waals surface area contributed by atoms with E-state index >= 15 is 0 Å². The van der Waals surface area contributed by atoms with E-state index < -0.39 is 18.3 Å². The van der Waals surface area contributed by atoms with Crippen molar-refractivity contribution in [3.05, 3.63) is 35.9 Å². The number of piperidine rings is 1. The van der Waals surface area contributed by atoms with Gasteiger partial charge in [0.05, 0.1) is 12.1 Å². The number of amides is 1. The normalized spacial score (nSPS) is 32.2. The lowest BCUT2D eigenvalue weighted by molar-refractivity contribution is 0.00132. The molecule has 2 fully saturated rings. The number of ether oxygens (including phenoxy) is 1. The Labute approximate surface area is 117 Å². The minimum Gasteiger partial charge on any atom is -0.445 e. The minimum atomic E-state index is -0.855. The molecular weight excluding hydrogens is 258 g/mol. The topological polar surface area (TPSA) is 70.0 Å². The van der Waals surface area contributed by atoms with Crippen molar-refractivity contribution in [1.82, 2.24) is 4.90 Å². The van der Waals surface area contributed by atoms with Crippen LogP contribution in [0.3, 0.4) is 0 Å². The molecule has 5 nitrogen and oxygen atoms in total. The second kappa shape index (κ2) is 5.42. The average molecular weight is 277 g/mol. The van der Waals surface area contributed by atoms with Gasteiger partial charge in [-0.15, -0.1) is 0 Å². The Morgan fingerprint density at radius 3 is 2.75 bits per heavy atom. The standard InChI is InChI=1S/C15H19NO4/c17-13-11-6-7-16(12(8-11)14(13)18)15(19)20-9-10-4-2-1-3-5-10/h1-5,11-14,17-18H,6-9H2/t11-,12+,13+,14-/m1/s1. The second-order valence-corrected chi connectivity index (χ2v) is 5.57. The van der Waals surface area contributed by atoms with Crippen LogP contribution in [0.5, 0.6) is 0 Å². The summed E-state index contributed by atoms with van der Waals surface area (Å²) >= 11 is 0. The minimum absolute atomic E-state index is 0.105. The van der Waals surface area contributed by atoms with Gasteiger partial charge in [-0.3, -0.25) is 0 Å². The molecular formula is C15H19NO4. The summed E-state index contributed by atoms with van der Waals surface area (Å²) in [4.78, 5) is 13.7. The zero-order chi connectivity index (χ0) is 14.1. The van der Waals surface area contributed by atoms with E-state index in [2.05, 4.69) is 0 Å². The van der Waals surface area contributed by atoms with Gasteiger partial charge in [0, 0.05) is 6.54 Å². The molecule has 108 valence electrons. The first kappa shape index (κ1) is 13.4. The molecule has 1 saturated heterocycles. The van der Waals surface area contributed by atoms with Gasteiger partial charge < -0.3 is 19.8 Å². The molecule has 1 aliphatic heterocycles. The van der Waals surface area contributed by atoms with Crippen LogP contribution in [0.25, 0.3) is 0 Å². The molecule has 1 aromatic rings. The summed E-state index contributed by atoms with van der Waals surface area (Å²) < 4.78 is 5.30. The molecule has 1 amide bonds. The summed E-state index contributed by atoms with van der Waals surface area (Å²) in [6.07, 6.45) is -0.609. The van der Waals surface area contributed by atoms with E-state index in [1.807, 2.05) is 30.3 Å². The summed E-state index contributed by atoms with van der Waals surface area (Å²) in [7, 11) is 0. The number of hydrogen-bond acceptors (Lipinski definition) is 4. The van der Waals surface area contributed by atoms with Gasteiger partial charge >= 0.3 is 6.09 Å². The predicted molar refractivity (Wildman–Crippen MR) is 71.9 cm³/mol. The zero-order valence-electron chi connectivity index (χ0n) is 11.2. The SMILES string of the molecule is O=C(OCc1ccccc1)N1CC[C@@H]2C[C@H]1[C@@H](O)[C@H]2O. The molecule has 1 heterocycles. The number of benzene rings is 1. The van der Waals surface area contributed by atoms with Crippen LogP contribution >= 0.6 is 0 Å². The van der Waals surface area contributed by atoms with E-state index in [0.717, 1.165) is 12.0 Å². The number of carbonyl (C=O) groups excluding carboxylic acids is 1. The van der Waals surface area contributed by atoms with Gasteiger partial charge in [0.2, 0.25) is 0 Å². The number of carbonyl (C=O) groups is 1. The first-order chi connectivity index (χ1) is 9.66. The highest BCUT2D eigenvalue weighted by Gasteiger charge is 2.49. The van der Waals surface area contributed by atoms with Crippen LogP contribution in [0, 0.1) is 5.92 Å². The Morgan fingerprint density at radius 2 is 2.00 bits per heavy atom. The van der Waals surface area contributed by atoms with Crippen LogP contribution in [-0.4, -0.2) is 46.0 Å². The quantitative estimate of drug-likeness (QED) is 0.850. The lowest BCUT2D eigenvalue weighted by atomic mass is 9.98. The number of rotatable bonds is 2. The van der Waals surface area contributed by atoms with Gasteiger partial charge in [-0.05, 0) is 24.3 Å². The fraction of sp³-hybridized carbons (Fsp3) is 0.533. The van der Waals surface area contributed by atoms with Crippen molar-refractivity contribution in [3.63, 3.8) is 0 Å². The van der Waals surface area contributed by atoms with E-state index in [9.17, 15) is 15.0 Å². The maximum atomic E-state index is 12.1. The molecule has 20 heavy (non-hydrogen) atoms. The largest absolute Gasteiger partial charge is 0.445 e. The average Bonchev–Trinajstić information content (AvgIpc) is 2.71. The van der Waals surface area contributed by atoms with Crippen LogP contribution < -0.4 is 0 Å². The molecule has 0 radical (unpaired) electrons. The molecule has 5 heteroatoms. The molecule has 1 saturated carbocycles. The molecule has 0 aromatic heterocycles. The molecule has 1 aliphatic carbocycles. The van der Waals surface area contributed by atoms with Crippen molar-refractivity contribution in [2.24, 2.45) is 5.92 Å². The molecule has 2 N–H and O–H groups in total. The second-order valence-electron chi connectivity index (χ2n) is 5.57. The highest BCUT2D eigenvalue weighted by atomic mass is 16.6. The lowest BCUT2D eigenvalue weighted by Crippen LogP contribution is -2.47. The third kappa shape index (κ3) is 2.39. The Balaban J connectivity index is 1.60. The van der Waals surface area contributed by atoms with E-state index in [4.69, 9.17) is 4.74 Å². The number of fused-ring (bicyclic) bond motifs is 2. The van der Waals surface area contributed by atoms with E-state index in [0.29, 0.717) is 13.0 Å². The molecule has 2 aliphatic rings. The van der Waals surface area contributed by atoms with Crippen LogP contribution in [0.1, 0.15) is 18.4 Å². The molecule has 4 atom stereocenters. The number of aliphatic hydroxyl groups excluding tert-OH is 2. The van der Waals surface area contributed by atoms with Crippen molar-refractivity contribution >= 4 is 6.09 Å². The third-order valence-electron chi connectivity index (χ3n) is 4.35. The van der Waals surface area contributed by atoms with E-state index in [1.54, 1.807) is 4.90 Å². The Morgan fingerprint density at radius 1 is 1.25 bits per heavy atom. The summed E-state index contributed by atoms with van der Waals surface area (Å²) in [5.41, 5.74) is 0.933. The fourth-order valence-corrected chi connectivity index (χ4v) is 3.20. The Kier molecular flexibility index (Phi) is 3.63. The molecule has 2 bridgehead atoms. The van der Waals surface area contributed by atoms with E-state index in [1.165, 1.54) is 0 Å². The number of nitrogens with zero attached hydrogens (tertiary/aromatic N) is 1. The van der Waals surface area contributed by atoms with Gasteiger partial charge in [0.1, 0.15) is 12.7 Å². The molecule has 1 aromatic carbocycles. The van der Waals surface area contributed by atoms with Crippen molar-refractivity contribution in [2.75, 3.05) is 6.54 Å². The van der Waals surface area contributed by atoms with Crippen molar-refractivity contribution in [1.29, 1.82) is 0 Å². The molecule has 3 rings (SSSR count). The smallest absolute Gasteiger partial charge is 0.410 e. The van der Waals surface area contributed by atoms with Gasteiger partial charge in [-0.1, -0.05) is 30.3 Å². The predicted octanol–water partition coefficient (Wildman–Crippen LogP) is 1.14. The van der Waals surface area contributed by atoms with Gasteiger partial charge in [-0.25, -0.2) is 4.79 Å². The third-order valence-corrected chi connectivity index (χ3v) is 4.35. The highest BCUT2D eigenvalue weighted by Crippen LogP contribution is 2.37. The Bertz CT molecular complexity index is 478. The maximum Gasteiger partial charge on any atom is 0.410 e. The maximum absolute atomic E-state index is 12.1. The summed E-state index contributed by atoms with van der Waals surface area (Å²) in [6.45, 7) is 0.766. The highest BCUT2D eigenvalue weighted by molar-refractivity contribution is 5.68. The number of hydrogen-bond donors (Lipinski definition) is 2. The number of aliphatic hydroxyl groups is 2. The van der Waals surface area contributed by atoms with Crippen LogP contribution in [-0.2, 0) is 11.3 Å². The van der Waals surface area contributed by atoms with Crippen molar-refractivity contribution in [3.8, 4) is 0 Å². The van der Waals surface area contributed by atoms with E-state index in [-0.39, 0.29) is 18.6 Å². The summed E-state index contributed by atoms with van der Waals surface area (Å²) in [5.74, 6) is 0.105. The molecule has 0 unspecified atom stereocenters. The van der Waals surface area contributed by atoms with Crippen LogP contribution in [0.15, 0.2) is 30.3 Å². The van der Waals surface area contributed by atoms with Gasteiger partial charge in [0.25, 0.3) is 0 Å². The molecule has 0 spiro atoms. The number of likely N-dealkylation sites (tertiary alicyclic amines) is 1. The summed E-state index contributed by atoms with van der Waals surface area (Å²) in [5, 5.41) is 19.8. The summed E-state index contributed by atoms with van der Waals surface area (Å²) in [6, 6.07) is 9.18. The first-order valence-electron chi connectivity index (χ1n) is 7.00. The lowest BCUT2D eigenvalue weighted by Gasteiger charge is -2.32. The van der Waals surface area contributed by atoms with Crippen LogP contribution in [0.2, 0.25) is 0 Å². The van der Waals surface area contributed by atoms with Crippen LogP contribution in [0.4, 0.5) is 4.79 Å². The van der Waals surface area contributed by atoms with Crippen molar-refractivity contribution in [2.45, 2.75) is 37.7 Å². The fourth-order valence-electron chi connectivity index (χ4n) is 3.20.